The summed E-state index contributed by atoms with van der Waals surface area (Å²) in [6.07, 6.45) is 0.884. The molecular formula is C40H37ClN2O6S. The molecule has 50 heavy (non-hydrogen) atoms. The highest BCUT2D eigenvalue weighted by Crippen LogP contribution is 2.38. The molecule has 5 aromatic carbocycles. The van der Waals surface area contributed by atoms with Crippen molar-refractivity contribution in [2.24, 2.45) is 0 Å². The molecule has 0 aliphatic carbocycles. The molecule has 0 saturated heterocycles. The number of nitrogens with zero attached hydrogens (tertiary/aromatic N) is 1. The summed E-state index contributed by atoms with van der Waals surface area (Å²) in [4.78, 5) is 11.3. The van der Waals surface area contributed by atoms with Crippen LogP contribution in [0.4, 0.5) is 0 Å². The lowest BCUT2D eigenvalue weighted by molar-refractivity contribution is 0.0697. The van der Waals surface area contributed by atoms with Crippen LogP contribution in [0.15, 0.2) is 127 Å². The third-order valence-electron chi connectivity index (χ3n) is 8.57. The minimum absolute atomic E-state index is 0.164. The predicted octanol–water partition coefficient (Wildman–Crippen LogP) is 7.92. The van der Waals surface area contributed by atoms with Gasteiger partial charge in [0.15, 0.2) is 0 Å². The molecule has 1 heterocycles. The number of nitrogens with one attached hydrogen (secondary N) is 1. The van der Waals surface area contributed by atoms with E-state index in [2.05, 4.69) is 33.6 Å². The zero-order valence-electron chi connectivity index (χ0n) is 27.5. The van der Waals surface area contributed by atoms with Crippen molar-refractivity contribution in [2.45, 2.75) is 24.6 Å². The maximum atomic E-state index is 13.3. The summed E-state index contributed by atoms with van der Waals surface area (Å²) in [7, 11) is -2.13. The molecule has 0 unspecified atom stereocenters. The number of halogens is 1. The number of carboxylic acid groups (broad SMARTS) is 1. The number of fused-ring (bicyclic) bond motifs is 1. The summed E-state index contributed by atoms with van der Waals surface area (Å²) in [5, 5.41) is 10.8. The lowest BCUT2D eigenvalue weighted by Crippen LogP contribution is -2.28. The van der Waals surface area contributed by atoms with Gasteiger partial charge in [-0.1, -0.05) is 84.4 Å². The summed E-state index contributed by atoms with van der Waals surface area (Å²) < 4.78 is 43.1. The van der Waals surface area contributed by atoms with Gasteiger partial charge in [-0.2, -0.15) is 0 Å². The first-order chi connectivity index (χ1) is 24.2. The molecule has 0 aliphatic heterocycles. The number of rotatable bonds is 15. The topological polar surface area (TPSA) is 107 Å². The van der Waals surface area contributed by atoms with E-state index in [4.69, 9.17) is 21.1 Å². The molecule has 0 atom stereocenters. The highest BCUT2D eigenvalue weighted by Gasteiger charge is 2.26. The highest BCUT2D eigenvalue weighted by molar-refractivity contribution is 7.88. The molecule has 0 saturated carbocycles. The SMILES string of the molecule is COc1cccc(CS(=O)(=O)NCCc2c(CCOc3ccc(C(=O)O)cc3)c3cc(Cl)ccc3n2C(c2ccccc2)c2ccccc2)c1. The number of carboxylic acids is 1. The van der Waals surface area contributed by atoms with Gasteiger partial charge in [0.25, 0.3) is 0 Å². The number of hydrogen-bond acceptors (Lipinski definition) is 5. The molecule has 256 valence electrons. The molecule has 6 rings (SSSR count). The van der Waals surface area contributed by atoms with E-state index in [0.29, 0.717) is 41.5 Å². The number of ether oxygens (including phenoxy) is 2. The molecule has 8 nitrogen and oxygen atoms in total. The van der Waals surface area contributed by atoms with E-state index in [-0.39, 0.29) is 23.9 Å². The van der Waals surface area contributed by atoms with Crippen molar-refractivity contribution in [3.63, 3.8) is 0 Å². The Hall–Kier alpha value is -5.09. The molecule has 0 spiro atoms. The fourth-order valence-corrected chi connectivity index (χ4v) is 7.64. The first-order valence-electron chi connectivity index (χ1n) is 16.2. The van der Waals surface area contributed by atoms with Gasteiger partial charge in [-0.3, -0.25) is 0 Å². The van der Waals surface area contributed by atoms with Crippen molar-refractivity contribution in [1.82, 2.24) is 9.29 Å². The lowest BCUT2D eigenvalue weighted by Gasteiger charge is -2.25. The van der Waals surface area contributed by atoms with E-state index < -0.39 is 16.0 Å². The number of carbonyl (C=O) groups is 1. The van der Waals surface area contributed by atoms with E-state index in [1.807, 2.05) is 54.6 Å². The molecule has 0 amide bonds. The molecule has 10 heteroatoms. The summed E-state index contributed by atoms with van der Waals surface area (Å²) >= 11 is 6.61. The van der Waals surface area contributed by atoms with Gasteiger partial charge in [0.05, 0.1) is 31.1 Å². The van der Waals surface area contributed by atoms with Gasteiger partial charge >= 0.3 is 5.97 Å². The first-order valence-corrected chi connectivity index (χ1v) is 18.2. The van der Waals surface area contributed by atoms with E-state index in [0.717, 1.165) is 33.3 Å². The van der Waals surface area contributed by atoms with Crippen LogP contribution in [0.5, 0.6) is 11.5 Å². The van der Waals surface area contributed by atoms with Crippen molar-refractivity contribution < 1.29 is 27.8 Å². The van der Waals surface area contributed by atoms with Crippen molar-refractivity contribution in [3.05, 3.63) is 166 Å². The van der Waals surface area contributed by atoms with Gasteiger partial charge in [0.2, 0.25) is 10.0 Å². The molecule has 1 aromatic heterocycles. The second kappa shape index (κ2) is 15.6. The van der Waals surface area contributed by atoms with Crippen molar-refractivity contribution in [2.75, 3.05) is 20.3 Å². The van der Waals surface area contributed by atoms with Gasteiger partial charge in [-0.25, -0.2) is 17.9 Å². The summed E-state index contributed by atoms with van der Waals surface area (Å²) in [6.45, 7) is 0.463. The van der Waals surface area contributed by atoms with Crippen LogP contribution in [0.3, 0.4) is 0 Å². The minimum atomic E-state index is -3.68. The normalized spacial score (nSPS) is 11.6. The number of aromatic carboxylic acids is 1. The Morgan fingerprint density at radius 1 is 0.820 bits per heavy atom. The first kappa shape index (κ1) is 34.8. The highest BCUT2D eigenvalue weighted by atomic mass is 35.5. The lowest BCUT2D eigenvalue weighted by atomic mass is 9.97. The zero-order chi connectivity index (χ0) is 35.1. The Morgan fingerprint density at radius 3 is 2.14 bits per heavy atom. The molecule has 2 N–H and O–H groups in total. The fourth-order valence-electron chi connectivity index (χ4n) is 6.34. The predicted molar refractivity (Wildman–Crippen MR) is 197 cm³/mol. The van der Waals surface area contributed by atoms with E-state index in [1.165, 1.54) is 12.1 Å². The van der Waals surface area contributed by atoms with Crippen molar-refractivity contribution in [3.8, 4) is 11.5 Å². The smallest absolute Gasteiger partial charge is 0.335 e. The van der Waals surface area contributed by atoms with Gasteiger partial charge in [0, 0.05) is 41.0 Å². The number of aromatic nitrogens is 1. The third-order valence-corrected chi connectivity index (χ3v) is 10.2. The second-order valence-electron chi connectivity index (χ2n) is 11.9. The largest absolute Gasteiger partial charge is 0.497 e. The monoisotopic (exact) mass is 708 g/mol. The van der Waals surface area contributed by atoms with E-state index in [1.54, 1.807) is 43.5 Å². The maximum Gasteiger partial charge on any atom is 0.335 e. The van der Waals surface area contributed by atoms with Crippen LogP contribution >= 0.6 is 11.6 Å². The number of methoxy groups -OCH3 is 1. The Bertz CT molecular complexity index is 2150. The van der Waals surface area contributed by atoms with Crippen LogP contribution in [0.1, 0.15) is 44.3 Å². The van der Waals surface area contributed by atoms with Crippen LogP contribution in [0, 0.1) is 0 Å². The van der Waals surface area contributed by atoms with Crippen LogP contribution in [0.25, 0.3) is 10.9 Å². The molecule has 0 fully saturated rings. The quantitative estimate of drug-likeness (QED) is 0.112. The standard InChI is InChI=1S/C40H37ClN2O6S/c1-48-34-14-8-9-28(25-34)27-50(46,47)42-23-21-38-35(22-24-49-33-18-15-31(16-19-33)40(44)45)36-26-32(41)17-20-37(36)43(38)39(29-10-4-2-5-11-29)30-12-6-3-7-13-30/h2-20,25-26,39,42H,21-24,27H2,1H3,(H,44,45). The van der Waals surface area contributed by atoms with Crippen LogP contribution in [-0.2, 0) is 28.6 Å². The summed E-state index contributed by atoms with van der Waals surface area (Å²) in [5.74, 6) is -0.0363. The molecule has 0 radical (unpaired) electrons. The summed E-state index contributed by atoms with van der Waals surface area (Å²) in [5.41, 5.74) is 5.87. The van der Waals surface area contributed by atoms with Crippen molar-refractivity contribution in [1.29, 1.82) is 0 Å². The van der Waals surface area contributed by atoms with E-state index in [9.17, 15) is 18.3 Å². The Morgan fingerprint density at radius 2 is 1.50 bits per heavy atom. The van der Waals surface area contributed by atoms with Gasteiger partial charge in [-0.15, -0.1) is 0 Å². The van der Waals surface area contributed by atoms with Gasteiger partial charge < -0.3 is 19.1 Å². The molecule has 0 aliphatic rings. The Balaban J connectivity index is 1.39. The third kappa shape index (κ3) is 8.19. The molecule has 0 bridgehead atoms. The maximum absolute atomic E-state index is 13.3. The molecular weight excluding hydrogens is 672 g/mol. The Kier molecular flexibility index (Phi) is 10.9. The van der Waals surface area contributed by atoms with Gasteiger partial charge in [-0.05, 0) is 76.9 Å². The second-order valence-corrected chi connectivity index (χ2v) is 14.1. The van der Waals surface area contributed by atoms with Crippen LogP contribution in [-0.4, -0.2) is 44.3 Å². The van der Waals surface area contributed by atoms with Crippen LogP contribution in [0.2, 0.25) is 5.02 Å². The fraction of sp³-hybridized carbons (Fsp3) is 0.175. The number of sulfonamides is 1. The van der Waals surface area contributed by atoms with Crippen molar-refractivity contribution >= 4 is 38.5 Å². The van der Waals surface area contributed by atoms with E-state index >= 15 is 0 Å². The average Bonchev–Trinajstić information content (AvgIpc) is 3.40. The Labute approximate surface area is 296 Å². The number of benzene rings is 5. The number of hydrogen-bond donors (Lipinski definition) is 2. The summed E-state index contributed by atoms with van der Waals surface area (Å²) in [6, 6.07) is 39.4. The average molecular weight is 709 g/mol. The zero-order valence-corrected chi connectivity index (χ0v) is 29.0. The minimum Gasteiger partial charge on any atom is -0.497 e. The molecule has 6 aromatic rings. The van der Waals surface area contributed by atoms with Crippen LogP contribution < -0.4 is 14.2 Å². The van der Waals surface area contributed by atoms with Gasteiger partial charge in [0.1, 0.15) is 11.5 Å².